The Morgan fingerprint density at radius 1 is 1.08 bits per heavy atom. The van der Waals surface area contributed by atoms with Crippen molar-refractivity contribution in [1.29, 1.82) is 0 Å². The largest absolute Gasteiger partial charge is 0.389 e. The quantitative estimate of drug-likeness (QED) is 0.533. The summed E-state index contributed by atoms with van der Waals surface area (Å²) >= 11 is 0. The molecule has 0 fully saturated rings. The van der Waals surface area contributed by atoms with Crippen LogP contribution >= 0.6 is 0 Å². The lowest BCUT2D eigenvalue weighted by molar-refractivity contribution is 0.202. The van der Waals surface area contributed by atoms with E-state index in [1.807, 2.05) is 24.3 Å². The molecule has 0 saturated heterocycles. The third kappa shape index (κ3) is 1.36. The predicted molar refractivity (Wildman–Crippen MR) is 49.4 cm³/mol. The summed E-state index contributed by atoms with van der Waals surface area (Å²) in [4.78, 5) is 0. The normalized spacial score (nSPS) is 17.1. The lowest BCUT2D eigenvalue weighted by Gasteiger charge is -2.05. The zero-order chi connectivity index (χ0) is 8.39. The van der Waals surface area contributed by atoms with Crippen molar-refractivity contribution in [2.75, 3.05) is 23.7 Å². The number of hydrogen-bond donors (Lipinski definition) is 3. The van der Waals surface area contributed by atoms with Crippen molar-refractivity contribution in [3.05, 3.63) is 24.3 Å². The van der Waals surface area contributed by atoms with Gasteiger partial charge in [-0.3, -0.25) is 0 Å². The van der Waals surface area contributed by atoms with Crippen LogP contribution in [0.4, 0.5) is 11.4 Å². The number of anilines is 2. The van der Waals surface area contributed by atoms with E-state index in [9.17, 15) is 5.11 Å². The van der Waals surface area contributed by atoms with Gasteiger partial charge in [0.1, 0.15) is 0 Å². The van der Waals surface area contributed by atoms with E-state index in [2.05, 4.69) is 10.6 Å². The molecule has 0 unspecified atom stereocenters. The van der Waals surface area contributed by atoms with Crippen molar-refractivity contribution >= 4 is 11.4 Å². The van der Waals surface area contributed by atoms with Crippen LogP contribution in [0.3, 0.4) is 0 Å². The average molecular weight is 164 g/mol. The van der Waals surface area contributed by atoms with E-state index < -0.39 is 0 Å². The van der Waals surface area contributed by atoms with Gasteiger partial charge in [0.05, 0.1) is 17.5 Å². The van der Waals surface area contributed by atoms with Crippen molar-refractivity contribution in [1.82, 2.24) is 0 Å². The zero-order valence-electron chi connectivity index (χ0n) is 6.75. The van der Waals surface area contributed by atoms with Gasteiger partial charge in [0.15, 0.2) is 0 Å². The molecule has 1 aromatic carbocycles. The van der Waals surface area contributed by atoms with E-state index in [0.717, 1.165) is 11.4 Å². The standard InChI is InChI=1S/C9H12N2O/c12-7-5-10-8-3-1-2-4-9(8)11-6-7/h1-4,7,10-12H,5-6H2. The van der Waals surface area contributed by atoms with Gasteiger partial charge in [-0.05, 0) is 12.1 Å². The highest BCUT2D eigenvalue weighted by atomic mass is 16.3. The van der Waals surface area contributed by atoms with Crippen LogP contribution in [0.25, 0.3) is 0 Å². The minimum Gasteiger partial charge on any atom is -0.389 e. The van der Waals surface area contributed by atoms with Crippen LogP contribution in [0.2, 0.25) is 0 Å². The van der Waals surface area contributed by atoms with E-state index in [1.54, 1.807) is 0 Å². The summed E-state index contributed by atoms with van der Waals surface area (Å²) in [6.45, 7) is 1.23. The fourth-order valence-corrected chi connectivity index (χ4v) is 1.32. The molecule has 0 bridgehead atoms. The third-order valence-electron chi connectivity index (χ3n) is 1.98. The van der Waals surface area contributed by atoms with Gasteiger partial charge in [0.2, 0.25) is 0 Å². The van der Waals surface area contributed by atoms with Crippen molar-refractivity contribution < 1.29 is 5.11 Å². The highest BCUT2D eigenvalue weighted by Crippen LogP contribution is 2.22. The van der Waals surface area contributed by atoms with Gasteiger partial charge in [0.25, 0.3) is 0 Å². The lowest BCUT2D eigenvalue weighted by atomic mass is 10.3. The van der Waals surface area contributed by atoms with Gasteiger partial charge in [-0.25, -0.2) is 0 Å². The first kappa shape index (κ1) is 7.43. The summed E-state index contributed by atoms with van der Waals surface area (Å²) in [5.74, 6) is 0. The second-order valence-corrected chi connectivity index (χ2v) is 2.96. The molecule has 0 aromatic heterocycles. The van der Waals surface area contributed by atoms with Crippen molar-refractivity contribution in [3.63, 3.8) is 0 Å². The summed E-state index contributed by atoms with van der Waals surface area (Å²) < 4.78 is 0. The fourth-order valence-electron chi connectivity index (χ4n) is 1.32. The van der Waals surface area contributed by atoms with Crippen molar-refractivity contribution in [2.24, 2.45) is 0 Å². The Labute approximate surface area is 71.4 Å². The molecular weight excluding hydrogens is 152 g/mol. The number of benzene rings is 1. The van der Waals surface area contributed by atoms with Gasteiger partial charge in [-0.15, -0.1) is 0 Å². The minimum atomic E-state index is -0.308. The topological polar surface area (TPSA) is 44.3 Å². The molecule has 3 heteroatoms. The summed E-state index contributed by atoms with van der Waals surface area (Å²) in [5, 5.41) is 15.7. The molecule has 0 aliphatic carbocycles. The SMILES string of the molecule is OC1CNc2ccccc2NC1. The average Bonchev–Trinajstić information content (AvgIpc) is 2.29. The molecular formula is C9H12N2O. The van der Waals surface area contributed by atoms with Crippen LogP contribution in [0.5, 0.6) is 0 Å². The molecule has 1 aliphatic heterocycles. The molecule has 0 amide bonds. The molecule has 2 rings (SSSR count). The second-order valence-electron chi connectivity index (χ2n) is 2.96. The monoisotopic (exact) mass is 164 g/mol. The Morgan fingerprint density at radius 2 is 1.58 bits per heavy atom. The van der Waals surface area contributed by atoms with Gasteiger partial charge >= 0.3 is 0 Å². The fraction of sp³-hybridized carbons (Fsp3) is 0.333. The van der Waals surface area contributed by atoms with Crippen LogP contribution < -0.4 is 10.6 Å². The van der Waals surface area contributed by atoms with E-state index in [0.29, 0.717) is 13.1 Å². The number of aliphatic hydroxyl groups excluding tert-OH is 1. The molecule has 1 aromatic rings. The smallest absolute Gasteiger partial charge is 0.0884 e. The summed E-state index contributed by atoms with van der Waals surface area (Å²) in [6, 6.07) is 7.96. The number of rotatable bonds is 0. The molecule has 1 heterocycles. The molecule has 0 saturated carbocycles. The molecule has 3 nitrogen and oxygen atoms in total. The van der Waals surface area contributed by atoms with Crippen LogP contribution in [-0.4, -0.2) is 24.3 Å². The second kappa shape index (κ2) is 3.03. The number of hydrogen-bond acceptors (Lipinski definition) is 3. The molecule has 12 heavy (non-hydrogen) atoms. The maximum absolute atomic E-state index is 9.34. The van der Waals surface area contributed by atoms with Crippen molar-refractivity contribution in [2.45, 2.75) is 6.10 Å². The minimum absolute atomic E-state index is 0.308. The first-order chi connectivity index (χ1) is 5.86. The summed E-state index contributed by atoms with van der Waals surface area (Å²) in [6.07, 6.45) is -0.308. The van der Waals surface area contributed by atoms with Gasteiger partial charge < -0.3 is 15.7 Å². The number of β-amino-alcohol motifs (C(OH)–C–C–N with tert-alkyl or cyclic N) is 1. The maximum Gasteiger partial charge on any atom is 0.0884 e. The highest BCUT2D eigenvalue weighted by molar-refractivity contribution is 5.69. The number of fused-ring (bicyclic) bond motifs is 1. The summed E-state index contributed by atoms with van der Waals surface area (Å²) in [5.41, 5.74) is 2.13. The van der Waals surface area contributed by atoms with Gasteiger partial charge in [-0.2, -0.15) is 0 Å². The maximum atomic E-state index is 9.34. The Morgan fingerprint density at radius 3 is 2.08 bits per heavy atom. The van der Waals surface area contributed by atoms with Crippen LogP contribution in [0, 0.1) is 0 Å². The van der Waals surface area contributed by atoms with E-state index >= 15 is 0 Å². The van der Waals surface area contributed by atoms with Gasteiger partial charge in [-0.1, -0.05) is 12.1 Å². The van der Waals surface area contributed by atoms with E-state index in [4.69, 9.17) is 0 Å². The van der Waals surface area contributed by atoms with Crippen LogP contribution in [0.15, 0.2) is 24.3 Å². The molecule has 64 valence electrons. The van der Waals surface area contributed by atoms with Crippen LogP contribution in [0.1, 0.15) is 0 Å². The molecule has 0 spiro atoms. The van der Waals surface area contributed by atoms with Crippen LogP contribution in [-0.2, 0) is 0 Å². The number of aliphatic hydroxyl groups is 1. The molecule has 0 radical (unpaired) electrons. The van der Waals surface area contributed by atoms with Crippen molar-refractivity contribution in [3.8, 4) is 0 Å². The molecule has 0 atom stereocenters. The van der Waals surface area contributed by atoms with Gasteiger partial charge in [0, 0.05) is 13.1 Å². The number of nitrogens with one attached hydrogen (secondary N) is 2. The molecule has 3 N–H and O–H groups in total. The predicted octanol–water partition coefficient (Wildman–Crippen LogP) is 0.885. The highest BCUT2D eigenvalue weighted by Gasteiger charge is 2.10. The Bertz CT molecular complexity index is 248. The number of para-hydroxylation sites is 2. The summed E-state index contributed by atoms with van der Waals surface area (Å²) in [7, 11) is 0. The Balaban J connectivity index is 2.26. The molecule has 1 aliphatic rings. The first-order valence-electron chi connectivity index (χ1n) is 4.11. The van der Waals surface area contributed by atoms with E-state index in [-0.39, 0.29) is 6.10 Å². The Hall–Kier alpha value is -1.22. The van der Waals surface area contributed by atoms with E-state index in [1.165, 1.54) is 0 Å². The zero-order valence-corrected chi connectivity index (χ0v) is 6.75. The Kier molecular flexibility index (Phi) is 1.87. The third-order valence-corrected chi connectivity index (χ3v) is 1.98. The lowest BCUT2D eigenvalue weighted by Crippen LogP contribution is -2.23. The first-order valence-corrected chi connectivity index (χ1v) is 4.11.